The number of carboxylic acids is 2. The summed E-state index contributed by atoms with van der Waals surface area (Å²) in [5.41, 5.74) is 0. The number of hydrogen-bond donors (Lipinski definition) is 7. The van der Waals surface area contributed by atoms with Crippen molar-refractivity contribution in [3.8, 4) is 0 Å². The van der Waals surface area contributed by atoms with Crippen molar-refractivity contribution >= 4 is 47.3 Å². The Labute approximate surface area is 413 Å². The molecule has 0 aromatic rings. The Bertz CT molecular complexity index is 1390. The minimum absolute atomic E-state index is 0.0539. The van der Waals surface area contributed by atoms with E-state index in [0.29, 0.717) is 39.2 Å². The first kappa shape index (κ1) is 65.6. The van der Waals surface area contributed by atoms with Crippen LogP contribution in [0.15, 0.2) is 0 Å². The number of amides is 5. The first-order valence-electron chi connectivity index (χ1n) is 24.8. The van der Waals surface area contributed by atoms with Crippen molar-refractivity contribution in [2.75, 3.05) is 132 Å². The van der Waals surface area contributed by atoms with Crippen LogP contribution in [0.1, 0.15) is 116 Å². The molecule has 0 fully saturated rings. The van der Waals surface area contributed by atoms with Gasteiger partial charge in [0.05, 0.1) is 79.3 Å². The van der Waals surface area contributed by atoms with Gasteiger partial charge in [0.25, 0.3) is 0 Å². The molecule has 0 rings (SSSR count). The molecule has 5 amide bonds. The number of ether oxygens (including phenoxy) is 8. The van der Waals surface area contributed by atoms with Gasteiger partial charge in [-0.15, -0.1) is 0 Å². The Hall–Kier alpha value is -4.36. The smallest absolute Gasteiger partial charge is 0.326 e. The molecule has 70 heavy (non-hydrogen) atoms. The highest BCUT2D eigenvalue weighted by Gasteiger charge is 2.20. The van der Waals surface area contributed by atoms with Gasteiger partial charge in [-0.2, -0.15) is 0 Å². The van der Waals surface area contributed by atoms with Gasteiger partial charge in [0, 0.05) is 45.4 Å². The van der Waals surface area contributed by atoms with Gasteiger partial charge in [0.1, 0.15) is 32.5 Å². The lowest BCUT2D eigenvalue weighted by molar-refractivity contribution is -0.142. The molecule has 0 unspecified atom stereocenters. The van der Waals surface area contributed by atoms with E-state index in [1.54, 1.807) is 0 Å². The molecule has 0 aliphatic rings. The molecule has 406 valence electrons. The van der Waals surface area contributed by atoms with Crippen molar-refractivity contribution < 1.29 is 86.5 Å². The zero-order valence-electron chi connectivity index (χ0n) is 41.7. The van der Waals surface area contributed by atoms with Gasteiger partial charge >= 0.3 is 11.9 Å². The molecule has 0 aliphatic carbocycles. The van der Waals surface area contributed by atoms with Crippen LogP contribution >= 0.6 is 0 Å². The summed E-state index contributed by atoms with van der Waals surface area (Å²) in [6.07, 6.45) is 13.4. The standard InChI is InChI=1S/C47H85N5O18/c1-39(53)35-67-31-27-64-24-20-49-43(56)37-69-33-29-66-26-22-51-45(58)38-70-34-30-65-25-21-50-44(57)36-68-32-28-63-23-19-48-41(54)17-14-15-40(47(61)62)52-42(55)16-12-10-8-6-4-2-3-5-7-9-11-13-18-46(59)60/h40H,2-38H2,1H3,(H,48,54)(H,49,56)(H,50,57)(H,51,58)(H,52,55)(H,59,60)(H,61,62)/t40-/m0/s1. The molecular weight excluding hydrogens is 923 g/mol. The number of aliphatic carboxylic acids is 2. The second-order valence-electron chi connectivity index (χ2n) is 16.2. The molecule has 0 bridgehead atoms. The van der Waals surface area contributed by atoms with Crippen LogP contribution in [0.2, 0.25) is 0 Å². The summed E-state index contributed by atoms with van der Waals surface area (Å²) >= 11 is 0. The summed E-state index contributed by atoms with van der Waals surface area (Å²) < 4.78 is 42.3. The van der Waals surface area contributed by atoms with Crippen molar-refractivity contribution in [3.63, 3.8) is 0 Å². The van der Waals surface area contributed by atoms with E-state index in [1.165, 1.54) is 26.2 Å². The van der Waals surface area contributed by atoms with Gasteiger partial charge in [-0.3, -0.25) is 33.6 Å². The maximum atomic E-state index is 12.3. The lowest BCUT2D eigenvalue weighted by Gasteiger charge is -2.14. The van der Waals surface area contributed by atoms with E-state index in [4.69, 9.17) is 43.0 Å². The SMILES string of the molecule is CC(=O)COCCOCCNC(=O)COCCOCCNC(=O)COCCOCCNC(=O)COCCOCCNC(=O)CCC[C@H](NC(=O)CCCCCCCCCCCCCCC(=O)O)C(=O)O. The summed E-state index contributed by atoms with van der Waals surface area (Å²) in [6, 6.07) is -1.05. The van der Waals surface area contributed by atoms with Gasteiger partial charge < -0.3 is 74.7 Å². The third-order valence-corrected chi connectivity index (χ3v) is 9.84. The molecule has 0 aliphatic heterocycles. The highest BCUT2D eigenvalue weighted by atomic mass is 16.5. The van der Waals surface area contributed by atoms with Gasteiger partial charge in [0.2, 0.25) is 29.5 Å². The van der Waals surface area contributed by atoms with Crippen LogP contribution in [0.3, 0.4) is 0 Å². The topological polar surface area (TPSA) is 311 Å². The van der Waals surface area contributed by atoms with Gasteiger partial charge in [0.15, 0.2) is 5.78 Å². The number of carbonyl (C=O) groups excluding carboxylic acids is 6. The number of nitrogens with one attached hydrogen (secondary N) is 5. The van der Waals surface area contributed by atoms with Crippen LogP contribution in [-0.2, 0) is 76.3 Å². The number of Topliss-reactive ketones (excluding diaryl/α,β-unsaturated/α-hetero) is 1. The molecule has 1 atom stereocenters. The summed E-state index contributed by atoms with van der Waals surface area (Å²) in [7, 11) is 0. The fourth-order valence-corrected chi connectivity index (χ4v) is 6.20. The lowest BCUT2D eigenvalue weighted by atomic mass is 10.0. The van der Waals surface area contributed by atoms with E-state index in [2.05, 4.69) is 26.6 Å². The third-order valence-electron chi connectivity index (χ3n) is 9.84. The van der Waals surface area contributed by atoms with E-state index >= 15 is 0 Å². The van der Waals surface area contributed by atoms with Crippen molar-refractivity contribution in [2.45, 2.75) is 122 Å². The van der Waals surface area contributed by atoms with Crippen LogP contribution in [-0.4, -0.2) is 195 Å². The number of carbonyl (C=O) groups is 8. The Morgan fingerprint density at radius 2 is 0.671 bits per heavy atom. The Balaban J connectivity index is 3.58. The fourth-order valence-electron chi connectivity index (χ4n) is 6.20. The minimum atomic E-state index is -1.13. The summed E-state index contributed by atoms with van der Waals surface area (Å²) in [5.74, 6) is -3.42. The minimum Gasteiger partial charge on any atom is -0.481 e. The van der Waals surface area contributed by atoms with Crippen molar-refractivity contribution in [1.82, 2.24) is 26.6 Å². The quantitative estimate of drug-likeness (QED) is 0.0424. The lowest BCUT2D eigenvalue weighted by Crippen LogP contribution is -2.40. The Morgan fingerprint density at radius 1 is 0.357 bits per heavy atom. The molecule has 0 saturated carbocycles. The molecule has 0 heterocycles. The predicted molar refractivity (Wildman–Crippen MR) is 255 cm³/mol. The van der Waals surface area contributed by atoms with Gasteiger partial charge in [-0.1, -0.05) is 64.2 Å². The van der Waals surface area contributed by atoms with Gasteiger partial charge in [-0.25, -0.2) is 4.79 Å². The monoisotopic (exact) mass is 1010 g/mol. The zero-order chi connectivity index (χ0) is 51.6. The number of hydrogen-bond acceptors (Lipinski definition) is 16. The molecule has 0 aromatic heterocycles. The molecule has 0 spiro atoms. The predicted octanol–water partition coefficient (Wildman–Crippen LogP) is 1.46. The van der Waals surface area contributed by atoms with E-state index < -0.39 is 18.0 Å². The summed E-state index contributed by atoms with van der Waals surface area (Å²) in [4.78, 5) is 93.0. The first-order valence-corrected chi connectivity index (χ1v) is 24.8. The Morgan fingerprint density at radius 3 is 1.03 bits per heavy atom. The van der Waals surface area contributed by atoms with Crippen LogP contribution in [0, 0.1) is 0 Å². The number of unbranched alkanes of at least 4 members (excludes halogenated alkanes) is 11. The molecule has 23 nitrogen and oxygen atoms in total. The Kier molecular flexibility index (Phi) is 46.5. The van der Waals surface area contributed by atoms with E-state index in [9.17, 15) is 43.5 Å². The van der Waals surface area contributed by atoms with E-state index in [1.807, 2.05) is 0 Å². The summed E-state index contributed by atoms with van der Waals surface area (Å²) in [5, 5.41) is 31.4. The molecular formula is C47H85N5O18. The molecule has 0 radical (unpaired) electrons. The highest BCUT2D eigenvalue weighted by Crippen LogP contribution is 2.13. The maximum Gasteiger partial charge on any atom is 0.326 e. The van der Waals surface area contributed by atoms with E-state index in [-0.39, 0.29) is 167 Å². The summed E-state index contributed by atoms with van der Waals surface area (Å²) in [6.45, 7) is 5.02. The van der Waals surface area contributed by atoms with Gasteiger partial charge in [-0.05, 0) is 32.6 Å². The molecule has 0 aromatic carbocycles. The maximum absolute atomic E-state index is 12.3. The zero-order valence-corrected chi connectivity index (χ0v) is 41.7. The highest BCUT2D eigenvalue weighted by molar-refractivity contribution is 5.83. The van der Waals surface area contributed by atoms with Crippen molar-refractivity contribution in [1.29, 1.82) is 0 Å². The average Bonchev–Trinajstić information content (AvgIpc) is 3.31. The average molecular weight is 1010 g/mol. The van der Waals surface area contributed by atoms with Crippen LogP contribution in [0.5, 0.6) is 0 Å². The molecule has 23 heteroatoms. The molecule has 0 saturated heterocycles. The second-order valence-corrected chi connectivity index (χ2v) is 16.2. The second kappa shape index (κ2) is 49.6. The van der Waals surface area contributed by atoms with E-state index in [0.717, 1.165) is 51.4 Å². The van der Waals surface area contributed by atoms with Crippen LogP contribution in [0.4, 0.5) is 0 Å². The normalized spacial score (nSPS) is 11.4. The number of ketones is 1. The van der Waals surface area contributed by atoms with Crippen LogP contribution < -0.4 is 26.6 Å². The largest absolute Gasteiger partial charge is 0.481 e. The third kappa shape index (κ3) is 50.0. The number of carboxylic acid groups (broad SMARTS) is 2. The van der Waals surface area contributed by atoms with Crippen LogP contribution in [0.25, 0.3) is 0 Å². The fraction of sp³-hybridized carbons (Fsp3) is 0.830. The number of rotatable bonds is 53. The van der Waals surface area contributed by atoms with Crippen molar-refractivity contribution in [3.05, 3.63) is 0 Å². The van der Waals surface area contributed by atoms with Crippen molar-refractivity contribution in [2.24, 2.45) is 0 Å². The molecule has 7 N–H and O–H groups in total. The first-order chi connectivity index (χ1) is 33.9.